The van der Waals surface area contributed by atoms with Gasteiger partial charge in [-0.25, -0.2) is 0 Å². The molecule has 0 saturated heterocycles. The van der Waals surface area contributed by atoms with Crippen molar-refractivity contribution >= 4 is 0 Å². The van der Waals surface area contributed by atoms with Crippen LogP contribution < -0.4 is 0 Å². The maximum Gasteiger partial charge on any atom is 0.438 e. The van der Waals surface area contributed by atoms with Crippen molar-refractivity contribution in [2.45, 2.75) is 108 Å². The molecular formula is C27H34F6O3. The molecule has 3 unspecified atom stereocenters. The number of rotatable bonds is 3. The van der Waals surface area contributed by atoms with Crippen LogP contribution in [0.4, 0.5) is 26.3 Å². The first-order chi connectivity index (χ1) is 16.6. The van der Waals surface area contributed by atoms with E-state index in [-0.39, 0.29) is 23.7 Å². The first-order valence-corrected chi connectivity index (χ1v) is 12.7. The fourth-order valence-corrected chi connectivity index (χ4v) is 7.24. The summed E-state index contributed by atoms with van der Waals surface area (Å²) < 4.78 is 78.0. The van der Waals surface area contributed by atoms with Gasteiger partial charge in [0, 0.05) is 6.42 Å². The zero-order valence-electron chi connectivity index (χ0n) is 20.4. The van der Waals surface area contributed by atoms with Crippen molar-refractivity contribution in [2.24, 2.45) is 22.7 Å². The standard InChI is InChI=1S/C27H34F6O3/c1-23-9-2-4-18(6-5-17-14-19(34)16-20(35)15-17)21(23)7-8-22(23)24(12-13-24)10-3-11-25(36,26(28,29)30)27(31,32)33/h5-6,19-22,34-36H,2,4,7-10,12-16H2,1H3/b17-5?,18-6+/t19-,20?,21?,22?,23+/m1/s1. The highest BCUT2D eigenvalue weighted by Gasteiger charge is 2.70. The first kappa shape index (κ1) is 27.5. The van der Waals surface area contributed by atoms with Gasteiger partial charge in [0.1, 0.15) is 0 Å². The van der Waals surface area contributed by atoms with Gasteiger partial charge in [-0.15, -0.1) is 0 Å². The van der Waals surface area contributed by atoms with E-state index in [2.05, 4.69) is 18.9 Å². The van der Waals surface area contributed by atoms with Crippen LogP contribution in [0, 0.1) is 34.5 Å². The molecule has 0 aliphatic heterocycles. The molecule has 0 heterocycles. The van der Waals surface area contributed by atoms with Crippen molar-refractivity contribution in [3.05, 3.63) is 23.3 Å². The van der Waals surface area contributed by atoms with E-state index in [0.717, 1.165) is 43.6 Å². The second kappa shape index (κ2) is 9.36. The molecule has 0 radical (unpaired) electrons. The predicted octanol–water partition coefficient (Wildman–Crippen LogP) is 5.99. The molecular weight excluding hydrogens is 486 g/mol. The van der Waals surface area contributed by atoms with Crippen LogP contribution in [-0.4, -0.2) is 45.5 Å². The molecule has 4 aliphatic carbocycles. The summed E-state index contributed by atoms with van der Waals surface area (Å²) >= 11 is 0. The van der Waals surface area contributed by atoms with Gasteiger partial charge < -0.3 is 15.3 Å². The van der Waals surface area contributed by atoms with Gasteiger partial charge in [-0.3, -0.25) is 0 Å². The zero-order chi connectivity index (χ0) is 26.6. The van der Waals surface area contributed by atoms with Crippen LogP contribution in [0.2, 0.25) is 0 Å². The largest absolute Gasteiger partial charge is 0.438 e. The molecule has 3 nitrogen and oxygen atoms in total. The lowest BCUT2D eigenvalue weighted by Crippen LogP contribution is -2.55. The molecule has 0 aromatic rings. The number of hydrogen-bond donors (Lipinski definition) is 3. The van der Waals surface area contributed by atoms with Gasteiger partial charge in [-0.1, -0.05) is 36.1 Å². The maximum absolute atomic E-state index is 13.0. The summed E-state index contributed by atoms with van der Waals surface area (Å²) in [5.41, 5.74) is -3.25. The molecule has 4 fully saturated rings. The molecule has 4 saturated carbocycles. The lowest BCUT2D eigenvalue weighted by Gasteiger charge is -2.45. The van der Waals surface area contributed by atoms with Crippen LogP contribution in [0.15, 0.2) is 23.3 Å². The molecule has 0 bridgehead atoms. The molecule has 0 spiro atoms. The minimum absolute atomic E-state index is 0.0900. The Labute approximate surface area is 207 Å². The number of fused-ring (bicyclic) bond motifs is 1. The smallest absolute Gasteiger partial charge is 0.393 e. The van der Waals surface area contributed by atoms with Crippen molar-refractivity contribution in [2.75, 3.05) is 0 Å². The monoisotopic (exact) mass is 520 g/mol. The molecule has 4 aliphatic rings. The van der Waals surface area contributed by atoms with E-state index in [1.807, 2.05) is 6.08 Å². The fraction of sp³-hybridized carbons (Fsp3) is 0.778. The van der Waals surface area contributed by atoms with E-state index >= 15 is 0 Å². The predicted molar refractivity (Wildman–Crippen MR) is 121 cm³/mol. The third kappa shape index (κ3) is 4.98. The summed E-state index contributed by atoms with van der Waals surface area (Å²) in [6, 6.07) is 0. The van der Waals surface area contributed by atoms with E-state index in [1.165, 1.54) is 5.57 Å². The summed E-state index contributed by atoms with van der Waals surface area (Å²) in [4.78, 5) is 0. The van der Waals surface area contributed by atoms with Gasteiger partial charge in [0.25, 0.3) is 0 Å². The SMILES string of the molecule is C[C@]12CCC/C(=C\C=C3CC(O)C[C@H](O)C3)C1CCC2C1(CC#CC(O)(C(F)(F)F)C(F)(F)F)CC1. The van der Waals surface area contributed by atoms with Gasteiger partial charge in [0.05, 0.1) is 12.2 Å². The minimum Gasteiger partial charge on any atom is -0.393 e. The second-order valence-electron chi connectivity index (χ2n) is 11.6. The molecule has 0 aromatic heterocycles. The van der Waals surface area contributed by atoms with Gasteiger partial charge in [-0.05, 0) is 92.8 Å². The zero-order valence-corrected chi connectivity index (χ0v) is 20.4. The minimum atomic E-state index is -5.93. The normalized spacial score (nSPS) is 36.9. The molecule has 9 heteroatoms. The highest BCUT2D eigenvalue weighted by molar-refractivity contribution is 5.28. The van der Waals surface area contributed by atoms with Crippen LogP contribution in [0.25, 0.3) is 0 Å². The molecule has 0 aromatic carbocycles. The van der Waals surface area contributed by atoms with Gasteiger partial charge in [0.2, 0.25) is 0 Å². The van der Waals surface area contributed by atoms with Crippen LogP contribution >= 0.6 is 0 Å². The summed E-state index contributed by atoms with van der Waals surface area (Å²) in [7, 11) is 0. The second-order valence-corrected chi connectivity index (χ2v) is 11.6. The number of aliphatic hydroxyl groups is 3. The number of aliphatic hydroxyl groups excluding tert-OH is 2. The van der Waals surface area contributed by atoms with Crippen molar-refractivity contribution in [1.82, 2.24) is 0 Å². The Morgan fingerprint density at radius 1 is 0.944 bits per heavy atom. The van der Waals surface area contributed by atoms with E-state index in [1.54, 1.807) is 0 Å². The first-order valence-electron chi connectivity index (χ1n) is 12.7. The van der Waals surface area contributed by atoms with Crippen molar-refractivity contribution < 1.29 is 41.7 Å². The summed E-state index contributed by atoms with van der Waals surface area (Å²) in [6.07, 6.45) is -1.47. The number of hydrogen-bond acceptors (Lipinski definition) is 3. The summed E-state index contributed by atoms with van der Waals surface area (Å²) in [5.74, 6) is 3.68. The molecule has 36 heavy (non-hydrogen) atoms. The quantitative estimate of drug-likeness (QED) is 0.317. The Morgan fingerprint density at radius 3 is 2.11 bits per heavy atom. The number of halogens is 6. The molecule has 202 valence electrons. The summed E-state index contributed by atoms with van der Waals surface area (Å²) in [5, 5.41) is 29.3. The van der Waals surface area contributed by atoms with Crippen LogP contribution in [0.1, 0.15) is 77.6 Å². The third-order valence-electron chi connectivity index (χ3n) is 9.20. The highest BCUT2D eigenvalue weighted by Crippen LogP contribution is 2.69. The van der Waals surface area contributed by atoms with E-state index in [4.69, 9.17) is 0 Å². The Hall–Kier alpha value is -1.50. The Balaban J connectivity index is 1.52. The average molecular weight is 521 g/mol. The Kier molecular flexibility index (Phi) is 7.15. The lowest BCUT2D eigenvalue weighted by molar-refractivity contribution is -0.343. The number of allylic oxidation sites excluding steroid dienone is 3. The number of alkyl halides is 6. The Bertz CT molecular complexity index is 939. The fourth-order valence-electron chi connectivity index (χ4n) is 7.24. The van der Waals surface area contributed by atoms with Crippen molar-refractivity contribution in [3.63, 3.8) is 0 Å². The average Bonchev–Trinajstić information content (AvgIpc) is 3.42. The van der Waals surface area contributed by atoms with Crippen LogP contribution in [0.3, 0.4) is 0 Å². The molecule has 0 amide bonds. The molecule has 3 N–H and O–H groups in total. The topological polar surface area (TPSA) is 60.7 Å². The van der Waals surface area contributed by atoms with E-state index < -0.39 is 35.6 Å². The highest BCUT2D eigenvalue weighted by atomic mass is 19.4. The molecule has 4 rings (SSSR count). The molecule has 5 atom stereocenters. The van der Waals surface area contributed by atoms with Crippen LogP contribution in [-0.2, 0) is 0 Å². The lowest BCUT2D eigenvalue weighted by atomic mass is 9.59. The van der Waals surface area contributed by atoms with Gasteiger partial charge in [0.15, 0.2) is 0 Å². The van der Waals surface area contributed by atoms with Gasteiger partial charge >= 0.3 is 18.0 Å². The van der Waals surface area contributed by atoms with Crippen LogP contribution in [0.5, 0.6) is 0 Å². The van der Waals surface area contributed by atoms with E-state index in [9.17, 15) is 41.7 Å². The Morgan fingerprint density at radius 2 is 1.56 bits per heavy atom. The van der Waals surface area contributed by atoms with E-state index in [0.29, 0.717) is 32.1 Å². The van der Waals surface area contributed by atoms with Crippen molar-refractivity contribution in [1.29, 1.82) is 0 Å². The van der Waals surface area contributed by atoms with Crippen molar-refractivity contribution in [3.8, 4) is 11.8 Å². The summed E-state index contributed by atoms with van der Waals surface area (Å²) in [6.45, 7) is 2.19. The van der Waals surface area contributed by atoms with Gasteiger partial charge in [-0.2, -0.15) is 26.3 Å². The third-order valence-corrected chi connectivity index (χ3v) is 9.20. The maximum atomic E-state index is 13.0.